The van der Waals surface area contributed by atoms with Crippen LogP contribution in [0.1, 0.15) is 44.1 Å². The summed E-state index contributed by atoms with van der Waals surface area (Å²) in [7, 11) is -3.85. The Bertz CT molecular complexity index is 1240. The average Bonchev–Trinajstić information content (AvgIpc) is 3.02. The molecule has 1 heterocycles. The maximum atomic E-state index is 12.5. The molecular weight excluding hydrogens is 456 g/mol. The summed E-state index contributed by atoms with van der Waals surface area (Å²) in [5.41, 5.74) is 2.77. The molecule has 0 radical (unpaired) electrons. The minimum atomic E-state index is -3.85. The fourth-order valence-electron chi connectivity index (χ4n) is 3.25. The third kappa shape index (κ3) is 7.04. The lowest BCUT2D eigenvalue weighted by Crippen LogP contribution is -2.30. The first-order valence-corrected chi connectivity index (χ1v) is 12.3. The number of amides is 1. The molecule has 34 heavy (non-hydrogen) atoms. The highest BCUT2D eigenvalue weighted by molar-refractivity contribution is 7.89. The molecule has 2 rings (SSSR count). The van der Waals surface area contributed by atoms with Crippen LogP contribution < -0.4 is 10.5 Å². The van der Waals surface area contributed by atoms with Crippen LogP contribution in [0.15, 0.2) is 40.8 Å². The van der Waals surface area contributed by atoms with Gasteiger partial charge in [0.15, 0.2) is 6.10 Å². The number of ether oxygens (including phenoxy) is 1. The fourth-order valence-corrected chi connectivity index (χ4v) is 3.76. The molecule has 1 aromatic carbocycles. The Labute approximate surface area is 200 Å². The predicted molar refractivity (Wildman–Crippen MR) is 129 cm³/mol. The van der Waals surface area contributed by atoms with Crippen molar-refractivity contribution in [2.75, 3.05) is 5.32 Å². The zero-order chi connectivity index (χ0) is 25.6. The first-order chi connectivity index (χ1) is 15.8. The van der Waals surface area contributed by atoms with E-state index in [2.05, 4.69) is 23.7 Å². The molecule has 2 aromatic rings. The molecule has 0 saturated carbocycles. The Kier molecular flexibility index (Phi) is 8.79. The number of nitrogens with zero attached hydrogens (tertiary/aromatic N) is 2. The van der Waals surface area contributed by atoms with Gasteiger partial charge in [-0.05, 0) is 75.1 Å². The van der Waals surface area contributed by atoms with Crippen LogP contribution in [-0.4, -0.2) is 31.0 Å². The van der Waals surface area contributed by atoms with E-state index in [1.54, 1.807) is 0 Å². The van der Waals surface area contributed by atoms with Crippen molar-refractivity contribution in [3.8, 4) is 6.07 Å². The van der Waals surface area contributed by atoms with E-state index in [1.807, 2.05) is 26.0 Å². The molecule has 0 aliphatic heterocycles. The molecule has 0 aliphatic carbocycles. The molecule has 1 aromatic heterocycles. The molecule has 1 atom stereocenters. The number of hydrogen-bond acceptors (Lipinski definition) is 6. The first-order valence-electron chi connectivity index (χ1n) is 10.8. The van der Waals surface area contributed by atoms with Crippen molar-refractivity contribution in [2.45, 2.75) is 58.6 Å². The van der Waals surface area contributed by atoms with E-state index in [4.69, 9.17) is 9.88 Å². The molecule has 0 bridgehead atoms. The minimum Gasteiger partial charge on any atom is -0.448 e. The highest BCUT2D eigenvalue weighted by Gasteiger charge is 2.21. The Balaban J connectivity index is 2.09. The van der Waals surface area contributed by atoms with Gasteiger partial charge in [0, 0.05) is 23.6 Å². The molecule has 9 nitrogen and oxygen atoms in total. The standard InChI is InChI=1S/C24H30N4O5S/c1-15(2)10-11-28-16(3)12-19(17(28)4)13-20(14-25)24(30)33-18(5)23(29)27-21-6-8-22(9-7-21)34(26,31)32/h6-9,12-13,15,18H,10-11H2,1-5H3,(H,27,29)(H2,26,31,32)/b20-13+. The summed E-state index contributed by atoms with van der Waals surface area (Å²) in [4.78, 5) is 24.8. The molecule has 1 unspecified atom stereocenters. The van der Waals surface area contributed by atoms with Crippen LogP contribution in [-0.2, 0) is 30.9 Å². The van der Waals surface area contributed by atoms with Crippen molar-refractivity contribution >= 4 is 33.7 Å². The summed E-state index contributed by atoms with van der Waals surface area (Å²) in [5.74, 6) is -1.01. The first kappa shape index (κ1) is 26.8. The monoisotopic (exact) mass is 486 g/mol. The van der Waals surface area contributed by atoms with Gasteiger partial charge >= 0.3 is 5.97 Å². The van der Waals surface area contributed by atoms with Gasteiger partial charge in [-0.15, -0.1) is 0 Å². The van der Waals surface area contributed by atoms with Gasteiger partial charge in [-0.3, -0.25) is 4.79 Å². The zero-order valence-corrected chi connectivity index (χ0v) is 20.8. The largest absolute Gasteiger partial charge is 0.448 e. The third-order valence-electron chi connectivity index (χ3n) is 5.29. The van der Waals surface area contributed by atoms with Crippen molar-refractivity contribution < 1.29 is 22.7 Å². The van der Waals surface area contributed by atoms with Gasteiger partial charge in [-0.1, -0.05) is 13.8 Å². The summed E-state index contributed by atoms with van der Waals surface area (Å²) >= 11 is 0. The van der Waals surface area contributed by atoms with Gasteiger partial charge < -0.3 is 14.6 Å². The quantitative estimate of drug-likeness (QED) is 0.316. The van der Waals surface area contributed by atoms with Crippen LogP contribution in [0, 0.1) is 31.1 Å². The summed E-state index contributed by atoms with van der Waals surface area (Å²) in [6.45, 7) is 10.4. The molecule has 0 saturated heterocycles. The van der Waals surface area contributed by atoms with Crippen LogP contribution in [0.25, 0.3) is 6.08 Å². The second-order valence-corrected chi connectivity index (χ2v) is 10.00. The zero-order valence-electron chi connectivity index (χ0n) is 20.0. The van der Waals surface area contributed by atoms with E-state index in [0.717, 1.165) is 29.9 Å². The predicted octanol–water partition coefficient (Wildman–Crippen LogP) is 3.28. The number of sulfonamides is 1. The van der Waals surface area contributed by atoms with Crippen molar-refractivity contribution in [2.24, 2.45) is 11.1 Å². The highest BCUT2D eigenvalue weighted by atomic mass is 32.2. The lowest BCUT2D eigenvalue weighted by atomic mass is 10.1. The number of rotatable bonds is 9. The van der Waals surface area contributed by atoms with Crippen molar-refractivity contribution in [1.82, 2.24) is 4.57 Å². The highest BCUT2D eigenvalue weighted by Crippen LogP contribution is 2.20. The maximum Gasteiger partial charge on any atom is 0.349 e. The van der Waals surface area contributed by atoms with Gasteiger partial charge in [-0.2, -0.15) is 5.26 Å². The number of primary sulfonamides is 1. The number of nitriles is 1. The van der Waals surface area contributed by atoms with E-state index in [9.17, 15) is 23.3 Å². The van der Waals surface area contributed by atoms with Crippen LogP contribution >= 0.6 is 0 Å². The number of nitrogens with two attached hydrogens (primary N) is 1. The summed E-state index contributed by atoms with van der Waals surface area (Å²) in [5, 5.41) is 17.1. The average molecular weight is 487 g/mol. The normalized spacial score (nSPS) is 12.8. The van der Waals surface area contributed by atoms with Crippen molar-refractivity contribution in [1.29, 1.82) is 5.26 Å². The molecule has 3 N–H and O–H groups in total. The van der Waals surface area contributed by atoms with Crippen molar-refractivity contribution in [3.63, 3.8) is 0 Å². The van der Waals surface area contributed by atoms with Gasteiger partial charge in [0.2, 0.25) is 10.0 Å². The lowest BCUT2D eigenvalue weighted by molar-refractivity contribution is -0.148. The Morgan fingerprint density at radius 2 is 1.82 bits per heavy atom. The van der Waals surface area contributed by atoms with Crippen molar-refractivity contribution in [3.05, 3.63) is 52.9 Å². The SMILES string of the molecule is Cc1cc(/C=C(\C#N)C(=O)OC(C)C(=O)Nc2ccc(S(N)(=O)=O)cc2)c(C)n1CCC(C)C. The summed E-state index contributed by atoms with van der Waals surface area (Å²) in [6.07, 6.45) is 1.28. The van der Waals surface area contributed by atoms with E-state index in [-0.39, 0.29) is 10.5 Å². The van der Waals surface area contributed by atoms with Crippen LogP contribution in [0.5, 0.6) is 0 Å². The van der Waals surface area contributed by atoms with Crippen LogP contribution in [0.4, 0.5) is 5.69 Å². The molecule has 182 valence electrons. The van der Waals surface area contributed by atoms with E-state index in [0.29, 0.717) is 11.6 Å². The maximum absolute atomic E-state index is 12.5. The van der Waals surface area contributed by atoms with Gasteiger partial charge in [0.25, 0.3) is 5.91 Å². The number of benzene rings is 1. The fraction of sp³-hybridized carbons (Fsp3) is 0.375. The second kappa shape index (κ2) is 11.1. The topological polar surface area (TPSA) is 144 Å². The number of nitrogens with one attached hydrogen (secondary N) is 1. The Morgan fingerprint density at radius 3 is 2.35 bits per heavy atom. The summed E-state index contributed by atoms with van der Waals surface area (Å²) < 4.78 is 30.0. The summed E-state index contributed by atoms with van der Waals surface area (Å²) in [6, 6.07) is 8.97. The van der Waals surface area contributed by atoms with Gasteiger partial charge in [0.05, 0.1) is 4.90 Å². The van der Waals surface area contributed by atoms with Crippen LogP contribution in [0.3, 0.4) is 0 Å². The van der Waals surface area contributed by atoms with Gasteiger partial charge in [0.1, 0.15) is 11.6 Å². The second-order valence-electron chi connectivity index (χ2n) is 8.44. The number of anilines is 1. The number of aryl methyl sites for hydroxylation is 1. The molecule has 0 aliphatic rings. The number of aromatic nitrogens is 1. The van der Waals surface area contributed by atoms with E-state index >= 15 is 0 Å². The molecule has 0 spiro atoms. The molecule has 10 heteroatoms. The van der Waals surface area contributed by atoms with E-state index in [1.165, 1.54) is 37.3 Å². The Morgan fingerprint density at radius 1 is 1.21 bits per heavy atom. The van der Waals surface area contributed by atoms with E-state index < -0.39 is 28.0 Å². The molecule has 0 fully saturated rings. The minimum absolute atomic E-state index is 0.0997. The number of esters is 1. The smallest absolute Gasteiger partial charge is 0.349 e. The van der Waals surface area contributed by atoms with Gasteiger partial charge in [-0.25, -0.2) is 18.4 Å². The van der Waals surface area contributed by atoms with Crippen LogP contribution in [0.2, 0.25) is 0 Å². The number of carbonyl (C=O) groups excluding carboxylic acids is 2. The third-order valence-corrected chi connectivity index (χ3v) is 6.22. The molecule has 1 amide bonds. The lowest BCUT2D eigenvalue weighted by Gasteiger charge is -2.13. The number of hydrogen-bond donors (Lipinski definition) is 2. The number of carbonyl (C=O) groups is 2. The molecular formula is C24H30N4O5S. The Hall–Kier alpha value is -3.42.